The molecule has 0 aliphatic carbocycles. The second-order valence-corrected chi connectivity index (χ2v) is 2.41. The molecule has 0 aromatic carbocycles. The molecule has 0 heterocycles. The Morgan fingerprint density at radius 3 is 2.75 bits per heavy atom. The number of rotatable bonds is 5. The monoisotopic (exact) mass is 170 g/mol. The number of hydrogen-bond acceptors (Lipinski definition) is 2. The molecule has 3 heteroatoms. The van der Waals surface area contributed by atoms with Crippen LogP contribution < -0.4 is 0 Å². The van der Waals surface area contributed by atoms with Crippen LogP contribution in [0.4, 0.5) is 0 Å². The Morgan fingerprint density at radius 1 is 1.58 bits per heavy atom. The molecule has 68 valence electrons. The zero-order chi connectivity index (χ0) is 9.40. The van der Waals surface area contributed by atoms with E-state index in [1.54, 1.807) is 6.92 Å². The summed E-state index contributed by atoms with van der Waals surface area (Å²) in [5.41, 5.74) is 0.715. The maximum Gasteiger partial charge on any atom is 0.328 e. The van der Waals surface area contributed by atoms with Gasteiger partial charge in [-0.05, 0) is 19.4 Å². The molecular formula is C9H14O3. The smallest absolute Gasteiger partial charge is 0.328 e. The Morgan fingerprint density at radius 2 is 2.25 bits per heavy atom. The van der Waals surface area contributed by atoms with Gasteiger partial charge in [-0.15, -0.1) is 0 Å². The molecule has 1 N–H and O–H groups in total. The molecule has 0 aliphatic heterocycles. The third-order valence-electron chi connectivity index (χ3n) is 1.15. The van der Waals surface area contributed by atoms with Gasteiger partial charge < -0.3 is 9.84 Å². The van der Waals surface area contributed by atoms with Crippen molar-refractivity contribution in [1.29, 1.82) is 0 Å². The molecule has 0 atom stereocenters. The van der Waals surface area contributed by atoms with Crippen LogP contribution in [0.5, 0.6) is 0 Å². The van der Waals surface area contributed by atoms with Crippen LogP contribution in [-0.4, -0.2) is 24.3 Å². The highest BCUT2D eigenvalue weighted by Gasteiger charge is 1.92. The van der Waals surface area contributed by atoms with Crippen molar-refractivity contribution in [3.8, 4) is 0 Å². The van der Waals surface area contributed by atoms with Crippen molar-refractivity contribution in [3.05, 3.63) is 23.8 Å². The minimum Gasteiger partial charge on any atom is -0.478 e. The number of carboxylic acid groups (broad SMARTS) is 1. The first-order chi connectivity index (χ1) is 5.66. The average Bonchev–Trinajstić information content (AvgIpc) is 1.97. The number of carbonyl (C=O) groups is 1. The molecule has 0 aromatic rings. The average molecular weight is 170 g/mol. The van der Waals surface area contributed by atoms with Gasteiger partial charge in [0.15, 0.2) is 0 Å². The Hall–Kier alpha value is -1.09. The molecule has 12 heavy (non-hydrogen) atoms. The van der Waals surface area contributed by atoms with Gasteiger partial charge in [0.25, 0.3) is 0 Å². The Kier molecular flexibility index (Phi) is 6.01. The van der Waals surface area contributed by atoms with Crippen LogP contribution in [0.1, 0.15) is 13.8 Å². The standard InChI is InChI=1S/C9H14O3/c1-3-4-5-12-7-8(2)6-9(10)11/h3-4,6H,5,7H2,1-2H3,(H,10,11). The zero-order valence-corrected chi connectivity index (χ0v) is 7.41. The van der Waals surface area contributed by atoms with Crippen molar-refractivity contribution in [2.45, 2.75) is 13.8 Å². The van der Waals surface area contributed by atoms with Crippen molar-refractivity contribution >= 4 is 5.97 Å². The highest BCUT2D eigenvalue weighted by atomic mass is 16.5. The topological polar surface area (TPSA) is 46.5 Å². The quantitative estimate of drug-likeness (QED) is 0.387. The van der Waals surface area contributed by atoms with E-state index < -0.39 is 5.97 Å². The number of allylic oxidation sites excluding steroid dienone is 1. The van der Waals surface area contributed by atoms with E-state index in [4.69, 9.17) is 9.84 Å². The fraction of sp³-hybridized carbons (Fsp3) is 0.444. The summed E-state index contributed by atoms with van der Waals surface area (Å²) in [7, 11) is 0. The molecule has 0 aromatic heterocycles. The van der Waals surface area contributed by atoms with E-state index in [1.807, 2.05) is 19.1 Å². The lowest BCUT2D eigenvalue weighted by molar-refractivity contribution is -0.131. The molecule has 0 amide bonds. The highest BCUT2D eigenvalue weighted by Crippen LogP contribution is 1.93. The molecule has 0 fully saturated rings. The van der Waals surface area contributed by atoms with Crippen LogP contribution in [0.15, 0.2) is 23.8 Å². The summed E-state index contributed by atoms with van der Waals surface area (Å²) in [5.74, 6) is -0.929. The van der Waals surface area contributed by atoms with Gasteiger partial charge in [-0.1, -0.05) is 12.2 Å². The van der Waals surface area contributed by atoms with Crippen molar-refractivity contribution in [1.82, 2.24) is 0 Å². The van der Waals surface area contributed by atoms with Gasteiger partial charge in [-0.25, -0.2) is 4.79 Å². The van der Waals surface area contributed by atoms with Crippen LogP contribution in [0.3, 0.4) is 0 Å². The minimum atomic E-state index is -0.929. The van der Waals surface area contributed by atoms with Crippen molar-refractivity contribution in [2.75, 3.05) is 13.2 Å². The predicted octanol–water partition coefficient (Wildman–Crippen LogP) is 1.61. The van der Waals surface area contributed by atoms with E-state index in [0.717, 1.165) is 6.08 Å². The number of hydrogen-bond donors (Lipinski definition) is 1. The molecule has 0 rings (SSSR count). The summed E-state index contributed by atoms with van der Waals surface area (Å²) in [5, 5.41) is 8.34. The van der Waals surface area contributed by atoms with Crippen LogP contribution in [0.25, 0.3) is 0 Å². The van der Waals surface area contributed by atoms with Gasteiger partial charge in [0, 0.05) is 6.08 Å². The van der Waals surface area contributed by atoms with Crippen LogP contribution >= 0.6 is 0 Å². The van der Waals surface area contributed by atoms with Crippen molar-refractivity contribution in [2.24, 2.45) is 0 Å². The molecule has 0 aliphatic rings. The number of aliphatic carboxylic acids is 1. The van der Waals surface area contributed by atoms with Gasteiger partial charge in [0.2, 0.25) is 0 Å². The Bertz CT molecular complexity index is 192. The summed E-state index contributed by atoms with van der Waals surface area (Å²) in [6.45, 7) is 4.53. The van der Waals surface area contributed by atoms with Gasteiger partial charge in [0.05, 0.1) is 13.2 Å². The largest absolute Gasteiger partial charge is 0.478 e. The third-order valence-corrected chi connectivity index (χ3v) is 1.15. The predicted molar refractivity (Wildman–Crippen MR) is 47.0 cm³/mol. The fourth-order valence-corrected chi connectivity index (χ4v) is 0.637. The molecule has 0 bridgehead atoms. The van der Waals surface area contributed by atoms with E-state index in [1.165, 1.54) is 0 Å². The van der Waals surface area contributed by atoms with E-state index in [2.05, 4.69) is 0 Å². The van der Waals surface area contributed by atoms with Crippen molar-refractivity contribution < 1.29 is 14.6 Å². The summed E-state index contributed by atoms with van der Waals surface area (Å²) in [6.07, 6.45) is 4.90. The summed E-state index contributed by atoms with van der Waals surface area (Å²) in [6, 6.07) is 0. The molecule has 0 saturated heterocycles. The van der Waals surface area contributed by atoms with Gasteiger partial charge in [-0.2, -0.15) is 0 Å². The zero-order valence-electron chi connectivity index (χ0n) is 7.41. The lowest BCUT2D eigenvalue weighted by atomic mass is 10.3. The van der Waals surface area contributed by atoms with Crippen molar-refractivity contribution in [3.63, 3.8) is 0 Å². The second-order valence-electron chi connectivity index (χ2n) is 2.41. The van der Waals surface area contributed by atoms with Gasteiger partial charge in [0.1, 0.15) is 0 Å². The van der Waals surface area contributed by atoms with Gasteiger partial charge >= 0.3 is 5.97 Å². The third kappa shape index (κ3) is 7.02. The normalized spacial score (nSPS) is 12.3. The van der Waals surface area contributed by atoms with E-state index in [9.17, 15) is 4.79 Å². The number of carboxylic acids is 1. The number of ether oxygens (including phenoxy) is 1. The lowest BCUT2D eigenvalue weighted by Crippen LogP contribution is -1.98. The van der Waals surface area contributed by atoms with Gasteiger partial charge in [-0.3, -0.25) is 0 Å². The maximum absolute atomic E-state index is 10.2. The first-order valence-electron chi connectivity index (χ1n) is 3.75. The van der Waals surface area contributed by atoms with E-state index >= 15 is 0 Å². The SMILES string of the molecule is CC=CCOCC(C)=CC(=O)O. The van der Waals surface area contributed by atoms with Crippen LogP contribution in [0, 0.1) is 0 Å². The molecule has 0 saturated carbocycles. The van der Waals surface area contributed by atoms with Crippen LogP contribution in [0.2, 0.25) is 0 Å². The summed E-state index contributed by atoms with van der Waals surface area (Å²) < 4.78 is 5.12. The Labute approximate surface area is 72.3 Å². The molecular weight excluding hydrogens is 156 g/mol. The Balaban J connectivity index is 3.56. The molecule has 0 spiro atoms. The molecule has 0 radical (unpaired) electrons. The highest BCUT2D eigenvalue weighted by molar-refractivity contribution is 5.80. The summed E-state index contributed by atoms with van der Waals surface area (Å²) >= 11 is 0. The first kappa shape index (κ1) is 10.9. The molecule has 0 unspecified atom stereocenters. The van der Waals surface area contributed by atoms with E-state index in [0.29, 0.717) is 18.8 Å². The van der Waals surface area contributed by atoms with E-state index in [-0.39, 0.29) is 0 Å². The summed E-state index contributed by atoms with van der Waals surface area (Å²) in [4.78, 5) is 10.2. The first-order valence-corrected chi connectivity index (χ1v) is 3.75. The minimum absolute atomic E-state index is 0.372. The maximum atomic E-state index is 10.2. The lowest BCUT2D eigenvalue weighted by Gasteiger charge is -1.99. The fourth-order valence-electron chi connectivity index (χ4n) is 0.637. The second kappa shape index (κ2) is 6.61. The molecule has 3 nitrogen and oxygen atoms in total. The van der Waals surface area contributed by atoms with Crippen LogP contribution in [-0.2, 0) is 9.53 Å².